The monoisotopic (exact) mass is 255 g/mol. The fourth-order valence-corrected chi connectivity index (χ4v) is 2.45. The highest BCUT2D eigenvalue weighted by molar-refractivity contribution is 5.83. The highest BCUT2D eigenvalue weighted by Gasteiger charge is 2.39. The summed E-state index contributed by atoms with van der Waals surface area (Å²) in [6.45, 7) is 5.54. The molecule has 0 radical (unpaired) electrons. The Bertz CT molecular complexity index is 270. The molecule has 1 fully saturated rings. The first-order valence-corrected chi connectivity index (χ1v) is 7.06. The Kier molecular flexibility index (Phi) is 5.60. The SMILES string of the molecule is CC1CCC(CN)(C(=O)NCC(C)N(C)C)CC1. The Labute approximate surface area is 111 Å². The van der Waals surface area contributed by atoms with E-state index in [9.17, 15) is 4.79 Å². The number of nitrogens with one attached hydrogen (secondary N) is 1. The predicted molar refractivity (Wildman–Crippen MR) is 75.3 cm³/mol. The van der Waals surface area contributed by atoms with Crippen molar-refractivity contribution in [3.05, 3.63) is 0 Å². The van der Waals surface area contributed by atoms with Gasteiger partial charge in [-0.15, -0.1) is 0 Å². The fourth-order valence-electron chi connectivity index (χ4n) is 2.45. The van der Waals surface area contributed by atoms with E-state index in [1.165, 1.54) is 0 Å². The molecule has 1 aliphatic rings. The molecule has 0 aromatic heterocycles. The topological polar surface area (TPSA) is 58.4 Å². The summed E-state index contributed by atoms with van der Waals surface area (Å²) in [5, 5.41) is 3.08. The van der Waals surface area contributed by atoms with Crippen LogP contribution in [-0.4, -0.2) is 44.0 Å². The predicted octanol–water partition coefficient (Wildman–Crippen LogP) is 1.21. The number of likely N-dealkylation sites (N-methyl/N-ethyl adjacent to an activating group) is 1. The molecule has 4 nitrogen and oxygen atoms in total. The van der Waals surface area contributed by atoms with Crippen molar-refractivity contribution >= 4 is 5.91 Å². The lowest BCUT2D eigenvalue weighted by Crippen LogP contribution is -2.50. The molecule has 1 atom stereocenters. The van der Waals surface area contributed by atoms with Gasteiger partial charge < -0.3 is 16.0 Å². The summed E-state index contributed by atoms with van der Waals surface area (Å²) in [7, 11) is 4.05. The van der Waals surface area contributed by atoms with Gasteiger partial charge in [-0.25, -0.2) is 0 Å². The molecule has 0 heterocycles. The van der Waals surface area contributed by atoms with E-state index in [1.807, 2.05) is 14.1 Å². The molecule has 0 aromatic rings. The number of hydrogen-bond acceptors (Lipinski definition) is 3. The minimum atomic E-state index is -0.307. The summed E-state index contributed by atoms with van der Waals surface area (Å²) >= 11 is 0. The van der Waals surface area contributed by atoms with E-state index in [4.69, 9.17) is 5.73 Å². The number of rotatable bonds is 5. The second kappa shape index (κ2) is 6.53. The maximum absolute atomic E-state index is 12.4. The molecule has 1 rings (SSSR count). The van der Waals surface area contributed by atoms with Crippen molar-refractivity contribution in [1.82, 2.24) is 10.2 Å². The van der Waals surface area contributed by atoms with Crippen LogP contribution in [0.25, 0.3) is 0 Å². The summed E-state index contributed by atoms with van der Waals surface area (Å²) in [5.41, 5.74) is 5.57. The summed E-state index contributed by atoms with van der Waals surface area (Å²) < 4.78 is 0. The highest BCUT2D eigenvalue weighted by Crippen LogP contribution is 2.38. The maximum Gasteiger partial charge on any atom is 0.227 e. The fraction of sp³-hybridized carbons (Fsp3) is 0.929. The van der Waals surface area contributed by atoms with E-state index < -0.39 is 0 Å². The average molecular weight is 255 g/mol. The second-order valence-corrected chi connectivity index (χ2v) is 6.19. The van der Waals surface area contributed by atoms with Crippen molar-refractivity contribution in [2.75, 3.05) is 27.2 Å². The molecule has 0 bridgehead atoms. The first-order valence-electron chi connectivity index (χ1n) is 7.06. The first kappa shape index (κ1) is 15.4. The Balaban J connectivity index is 2.52. The molecule has 0 aliphatic heterocycles. The Morgan fingerprint density at radius 2 is 2.00 bits per heavy atom. The maximum atomic E-state index is 12.4. The van der Waals surface area contributed by atoms with Gasteiger partial charge in [0.1, 0.15) is 0 Å². The summed E-state index contributed by atoms with van der Waals surface area (Å²) in [6.07, 6.45) is 4.11. The van der Waals surface area contributed by atoms with Crippen molar-refractivity contribution in [2.45, 2.75) is 45.6 Å². The lowest BCUT2D eigenvalue weighted by atomic mass is 9.70. The number of amides is 1. The normalized spacial score (nSPS) is 30.2. The molecule has 4 heteroatoms. The van der Waals surface area contributed by atoms with Crippen LogP contribution in [-0.2, 0) is 4.79 Å². The van der Waals surface area contributed by atoms with E-state index >= 15 is 0 Å². The van der Waals surface area contributed by atoms with Crippen molar-refractivity contribution in [3.63, 3.8) is 0 Å². The lowest BCUT2D eigenvalue weighted by Gasteiger charge is -2.37. The van der Waals surface area contributed by atoms with Crippen LogP contribution < -0.4 is 11.1 Å². The van der Waals surface area contributed by atoms with Gasteiger partial charge in [0.2, 0.25) is 5.91 Å². The van der Waals surface area contributed by atoms with Gasteiger partial charge in [0.25, 0.3) is 0 Å². The van der Waals surface area contributed by atoms with Gasteiger partial charge in [0.15, 0.2) is 0 Å². The highest BCUT2D eigenvalue weighted by atomic mass is 16.2. The van der Waals surface area contributed by atoms with Crippen LogP contribution in [0.15, 0.2) is 0 Å². The summed E-state index contributed by atoms with van der Waals surface area (Å²) in [6, 6.07) is 0.353. The molecular weight excluding hydrogens is 226 g/mol. The largest absolute Gasteiger partial charge is 0.354 e. The van der Waals surface area contributed by atoms with E-state index in [-0.39, 0.29) is 11.3 Å². The smallest absolute Gasteiger partial charge is 0.227 e. The van der Waals surface area contributed by atoms with Gasteiger partial charge in [-0.1, -0.05) is 6.92 Å². The molecule has 1 unspecified atom stereocenters. The number of carbonyl (C=O) groups excluding carboxylic acids is 1. The van der Waals surface area contributed by atoms with Gasteiger partial charge >= 0.3 is 0 Å². The molecule has 1 amide bonds. The molecule has 3 N–H and O–H groups in total. The third kappa shape index (κ3) is 3.69. The van der Waals surface area contributed by atoms with Gasteiger partial charge in [-0.3, -0.25) is 4.79 Å². The zero-order valence-electron chi connectivity index (χ0n) is 12.3. The molecule has 1 saturated carbocycles. The third-order valence-electron chi connectivity index (χ3n) is 4.54. The van der Waals surface area contributed by atoms with Gasteiger partial charge in [-0.05, 0) is 52.6 Å². The van der Waals surface area contributed by atoms with E-state index in [0.29, 0.717) is 19.1 Å². The van der Waals surface area contributed by atoms with Crippen LogP contribution in [0.4, 0.5) is 0 Å². The van der Waals surface area contributed by atoms with E-state index in [1.54, 1.807) is 0 Å². The van der Waals surface area contributed by atoms with Crippen LogP contribution in [0.2, 0.25) is 0 Å². The zero-order valence-corrected chi connectivity index (χ0v) is 12.3. The summed E-state index contributed by atoms with van der Waals surface area (Å²) in [5.74, 6) is 0.892. The van der Waals surface area contributed by atoms with Crippen LogP contribution in [0.5, 0.6) is 0 Å². The molecule has 106 valence electrons. The number of nitrogens with two attached hydrogens (primary N) is 1. The minimum Gasteiger partial charge on any atom is -0.354 e. The summed E-state index contributed by atoms with van der Waals surface area (Å²) in [4.78, 5) is 14.5. The molecule has 1 aliphatic carbocycles. The molecule has 18 heavy (non-hydrogen) atoms. The Morgan fingerprint density at radius 1 is 1.44 bits per heavy atom. The Hall–Kier alpha value is -0.610. The molecule has 0 aromatic carbocycles. The third-order valence-corrected chi connectivity index (χ3v) is 4.54. The zero-order chi connectivity index (χ0) is 13.8. The second-order valence-electron chi connectivity index (χ2n) is 6.19. The van der Waals surface area contributed by atoms with E-state index in [2.05, 4.69) is 24.1 Å². The Morgan fingerprint density at radius 3 is 2.44 bits per heavy atom. The van der Waals surface area contributed by atoms with Gasteiger partial charge in [0.05, 0.1) is 5.41 Å². The molecule has 0 spiro atoms. The van der Waals surface area contributed by atoms with Crippen LogP contribution >= 0.6 is 0 Å². The quantitative estimate of drug-likeness (QED) is 0.776. The standard InChI is InChI=1S/C14H29N3O/c1-11-5-7-14(10-15,8-6-11)13(18)16-9-12(2)17(3)4/h11-12H,5-10,15H2,1-4H3,(H,16,18). The van der Waals surface area contributed by atoms with Crippen molar-refractivity contribution < 1.29 is 4.79 Å². The van der Waals surface area contributed by atoms with E-state index in [0.717, 1.165) is 31.6 Å². The first-order chi connectivity index (χ1) is 8.41. The number of carbonyl (C=O) groups is 1. The average Bonchev–Trinajstić information content (AvgIpc) is 2.36. The van der Waals surface area contributed by atoms with Crippen molar-refractivity contribution in [3.8, 4) is 0 Å². The van der Waals surface area contributed by atoms with Crippen molar-refractivity contribution in [1.29, 1.82) is 0 Å². The lowest BCUT2D eigenvalue weighted by molar-refractivity contribution is -0.133. The van der Waals surface area contributed by atoms with Gasteiger partial charge in [0, 0.05) is 19.1 Å². The molecular formula is C14H29N3O. The van der Waals surface area contributed by atoms with Gasteiger partial charge in [-0.2, -0.15) is 0 Å². The van der Waals surface area contributed by atoms with Crippen LogP contribution in [0, 0.1) is 11.3 Å². The number of hydrogen-bond donors (Lipinski definition) is 2. The number of nitrogens with zero attached hydrogens (tertiary/aromatic N) is 1. The van der Waals surface area contributed by atoms with Crippen LogP contribution in [0.1, 0.15) is 39.5 Å². The van der Waals surface area contributed by atoms with Crippen molar-refractivity contribution in [2.24, 2.45) is 17.1 Å². The molecule has 0 saturated heterocycles. The minimum absolute atomic E-state index is 0.158. The van der Waals surface area contributed by atoms with Crippen LogP contribution in [0.3, 0.4) is 0 Å².